The molecule has 3 aromatic rings. The summed E-state index contributed by atoms with van der Waals surface area (Å²) in [6.45, 7) is 13.5. The minimum Gasteiger partial charge on any atom is -0.346 e. The number of amides is 2. The Morgan fingerprint density at radius 1 is 0.905 bits per heavy atom. The molecule has 0 aliphatic carbocycles. The Morgan fingerprint density at radius 3 is 2.14 bits per heavy atom. The highest BCUT2D eigenvalue weighted by Gasteiger charge is 2.47. The molecule has 2 bridgehead atoms. The highest BCUT2D eigenvalue weighted by atomic mass is 32.1. The van der Waals surface area contributed by atoms with Crippen LogP contribution in [0.5, 0.6) is 0 Å². The van der Waals surface area contributed by atoms with E-state index in [2.05, 4.69) is 66.7 Å². The Balaban J connectivity index is 1.15. The Morgan fingerprint density at radius 2 is 1.55 bits per heavy atom. The molecular weight excluding hydrogens is 540 g/mol. The molecule has 4 aliphatic rings. The zero-order valence-corrected chi connectivity index (χ0v) is 26.6. The topological polar surface area (TPSA) is 59.7 Å². The van der Waals surface area contributed by atoms with Crippen LogP contribution in [0.25, 0.3) is 21.5 Å². The maximum Gasteiger partial charge on any atom is 0.233 e. The van der Waals surface area contributed by atoms with Gasteiger partial charge in [0.1, 0.15) is 4.83 Å². The second-order valence-electron chi connectivity index (χ2n) is 14.1. The number of rotatable bonds is 7. The molecule has 0 radical (unpaired) electrons. The van der Waals surface area contributed by atoms with Crippen LogP contribution in [0.4, 0.5) is 0 Å². The third-order valence-electron chi connectivity index (χ3n) is 10.7. The standard InChI is InChI=1S/C35H46N4O2S/c1-22-18-23(2)20-25(19-22)31-28(12-17-37-15-10-24(11-16-37)33(40)38-13-5-14-38)29-21-30(42-32(29)36-31)35(3,4)34(41)39-26-6-7-27(39)9-8-26/h18-21,24,26-27,36H,5-17H2,1-4H3. The second-order valence-corrected chi connectivity index (χ2v) is 15.1. The van der Waals surface area contributed by atoms with E-state index in [1.165, 1.54) is 68.7 Å². The van der Waals surface area contributed by atoms with Crippen LogP contribution >= 0.6 is 11.3 Å². The van der Waals surface area contributed by atoms with Crippen molar-refractivity contribution >= 4 is 33.4 Å². The Labute approximate surface area is 254 Å². The molecule has 4 saturated heterocycles. The van der Waals surface area contributed by atoms with Crippen molar-refractivity contribution in [3.05, 3.63) is 45.8 Å². The first kappa shape index (κ1) is 28.1. The second kappa shape index (κ2) is 10.8. The molecule has 6 heterocycles. The van der Waals surface area contributed by atoms with Crippen molar-refractivity contribution in [3.8, 4) is 11.3 Å². The Kier molecular flexibility index (Phi) is 7.25. The fourth-order valence-corrected chi connectivity index (χ4v) is 9.29. The summed E-state index contributed by atoms with van der Waals surface area (Å²) in [6, 6.07) is 10.0. The van der Waals surface area contributed by atoms with Gasteiger partial charge in [-0.1, -0.05) is 17.2 Å². The number of fused-ring (bicyclic) bond motifs is 3. The third kappa shape index (κ3) is 4.90. The molecular formula is C35H46N4O2S. The summed E-state index contributed by atoms with van der Waals surface area (Å²) in [5, 5.41) is 1.28. The molecule has 0 atom stereocenters. The molecule has 7 heteroatoms. The number of nitrogens with zero attached hydrogens (tertiary/aromatic N) is 3. The number of thiophene rings is 1. The lowest BCUT2D eigenvalue weighted by molar-refractivity contribution is -0.140. The van der Waals surface area contributed by atoms with Gasteiger partial charge in [0, 0.05) is 47.9 Å². The number of piperidine rings is 1. The summed E-state index contributed by atoms with van der Waals surface area (Å²) in [5.74, 6) is 0.898. The summed E-state index contributed by atoms with van der Waals surface area (Å²) >= 11 is 1.77. The van der Waals surface area contributed by atoms with E-state index in [0.29, 0.717) is 23.9 Å². The van der Waals surface area contributed by atoms with Gasteiger partial charge >= 0.3 is 0 Å². The molecule has 0 spiro atoms. The fourth-order valence-electron chi connectivity index (χ4n) is 8.11. The van der Waals surface area contributed by atoms with Gasteiger partial charge in [-0.05, 0) is 121 Å². The van der Waals surface area contributed by atoms with Gasteiger partial charge in [0.15, 0.2) is 0 Å². The molecule has 4 aliphatic heterocycles. The number of hydrogen-bond donors (Lipinski definition) is 1. The smallest absolute Gasteiger partial charge is 0.233 e. The molecule has 1 N–H and O–H groups in total. The number of benzene rings is 1. The average Bonchev–Trinajstić information content (AvgIpc) is 3.70. The van der Waals surface area contributed by atoms with Gasteiger partial charge in [-0.15, -0.1) is 11.3 Å². The van der Waals surface area contributed by atoms with Gasteiger partial charge in [-0.25, -0.2) is 0 Å². The van der Waals surface area contributed by atoms with Gasteiger partial charge in [0.2, 0.25) is 11.8 Å². The van der Waals surface area contributed by atoms with Crippen LogP contribution in [0.15, 0.2) is 24.3 Å². The third-order valence-corrected chi connectivity index (χ3v) is 12.1. The highest BCUT2D eigenvalue weighted by Crippen LogP contribution is 2.44. The minimum absolute atomic E-state index is 0.205. The van der Waals surface area contributed by atoms with E-state index >= 15 is 0 Å². The molecule has 2 aromatic heterocycles. The number of carbonyl (C=O) groups excluding carboxylic acids is 2. The van der Waals surface area contributed by atoms with Crippen LogP contribution in [0, 0.1) is 19.8 Å². The molecule has 7 rings (SSSR count). The molecule has 42 heavy (non-hydrogen) atoms. The molecule has 2 amide bonds. The van der Waals surface area contributed by atoms with Crippen molar-refractivity contribution < 1.29 is 9.59 Å². The molecule has 1 aromatic carbocycles. The van der Waals surface area contributed by atoms with Gasteiger partial charge in [-0.2, -0.15) is 0 Å². The normalized spacial score (nSPS) is 23.2. The monoisotopic (exact) mass is 586 g/mol. The van der Waals surface area contributed by atoms with E-state index in [0.717, 1.165) is 58.4 Å². The summed E-state index contributed by atoms with van der Waals surface area (Å²) in [6.07, 6.45) is 8.74. The summed E-state index contributed by atoms with van der Waals surface area (Å²) < 4.78 is 0. The van der Waals surface area contributed by atoms with Crippen molar-refractivity contribution in [2.75, 3.05) is 32.7 Å². The molecule has 0 unspecified atom stereocenters. The number of likely N-dealkylation sites (tertiary alicyclic amines) is 2. The summed E-state index contributed by atoms with van der Waals surface area (Å²) in [7, 11) is 0. The maximum absolute atomic E-state index is 13.9. The SMILES string of the molecule is Cc1cc(C)cc(-c2[nH]c3sc(C(C)(C)C(=O)N4C5CCC4CC5)cc3c2CCN2CCC(C(=O)N3CCC3)CC2)c1. The number of hydrogen-bond acceptors (Lipinski definition) is 4. The maximum atomic E-state index is 13.9. The summed E-state index contributed by atoms with van der Waals surface area (Å²) in [5.41, 5.74) is 5.85. The van der Waals surface area contributed by atoms with Crippen LogP contribution < -0.4 is 0 Å². The van der Waals surface area contributed by atoms with Crippen molar-refractivity contribution in [2.24, 2.45) is 5.92 Å². The summed E-state index contributed by atoms with van der Waals surface area (Å²) in [4.78, 5) is 39.7. The lowest BCUT2D eigenvalue weighted by atomic mass is 9.88. The average molecular weight is 587 g/mol. The fraction of sp³-hybridized carbons (Fsp3) is 0.600. The molecule has 224 valence electrons. The van der Waals surface area contributed by atoms with Crippen LogP contribution in [-0.2, 0) is 21.4 Å². The zero-order chi connectivity index (χ0) is 29.2. The first-order valence-corrected chi connectivity index (χ1v) is 17.1. The van der Waals surface area contributed by atoms with Gasteiger partial charge in [0.05, 0.1) is 11.1 Å². The molecule has 6 nitrogen and oxygen atoms in total. The first-order chi connectivity index (χ1) is 20.2. The van der Waals surface area contributed by atoms with Gasteiger partial charge in [0.25, 0.3) is 0 Å². The van der Waals surface area contributed by atoms with E-state index in [1.807, 2.05) is 4.90 Å². The van der Waals surface area contributed by atoms with Crippen LogP contribution in [-0.4, -0.2) is 76.3 Å². The lowest BCUT2D eigenvalue weighted by Crippen LogP contribution is -2.48. The first-order valence-electron chi connectivity index (χ1n) is 16.3. The number of aryl methyl sites for hydroxylation is 2. The van der Waals surface area contributed by atoms with E-state index in [4.69, 9.17) is 0 Å². The van der Waals surface area contributed by atoms with Crippen LogP contribution in [0.3, 0.4) is 0 Å². The van der Waals surface area contributed by atoms with Crippen molar-refractivity contribution in [3.63, 3.8) is 0 Å². The van der Waals surface area contributed by atoms with E-state index < -0.39 is 5.41 Å². The van der Waals surface area contributed by atoms with E-state index in [9.17, 15) is 9.59 Å². The quantitative estimate of drug-likeness (QED) is 0.347. The van der Waals surface area contributed by atoms with Crippen molar-refractivity contribution in [1.82, 2.24) is 19.7 Å². The molecule has 0 saturated carbocycles. The lowest BCUT2D eigenvalue weighted by Gasteiger charge is -2.37. The number of nitrogens with one attached hydrogen (secondary N) is 1. The predicted octanol–water partition coefficient (Wildman–Crippen LogP) is 6.43. The minimum atomic E-state index is -0.530. The van der Waals surface area contributed by atoms with Crippen molar-refractivity contribution in [2.45, 2.75) is 96.6 Å². The number of aromatic nitrogens is 1. The van der Waals surface area contributed by atoms with Gasteiger partial charge in [-0.3, -0.25) is 9.59 Å². The largest absolute Gasteiger partial charge is 0.346 e. The highest BCUT2D eigenvalue weighted by molar-refractivity contribution is 7.19. The van der Waals surface area contributed by atoms with E-state index in [-0.39, 0.29) is 5.92 Å². The Hall–Kier alpha value is -2.64. The Bertz CT molecular complexity index is 1470. The van der Waals surface area contributed by atoms with Crippen molar-refractivity contribution in [1.29, 1.82) is 0 Å². The zero-order valence-electron chi connectivity index (χ0n) is 25.8. The van der Waals surface area contributed by atoms with Gasteiger partial charge < -0.3 is 19.7 Å². The van der Waals surface area contributed by atoms with Crippen LogP contribution in [0.2, 0.25) is 0 Å². The van der Waals surface area contributed by atoms with E-state index in [1.54, 1.807) is 11.3 Å². The number of carbonyl (C=O) groups is 2. The number of aromatic amines is 1. The predicted molar refractivity (Wildman–Crippen MR) is 171 cm³/mol. The molecule has 4 fully saturated rings. The van der Waals surface area contributed by atoms with Crippen LogP contribution in [0.1, 0.15) is 80.4 Å². The number of H-pyrrole nitrogens is 1.